The number of carbonyl (C=O) groups is 1. The summed E-state index contributed by atoms with van der Waals surface area (Å²) in [7, 11) is 0. The van der Waals surface area contributed by atoms with Crippen molar-refractivity contribution in [1.29, 1.82) is 5.41 Å². The molecule has 140 valence electrons. The summed E-state index contributed by atoms with van der Waals surface area (Å²) in [5, 5.41) is 10.2. The van der Waals surface area contributed by atoms with Crippen LogP contribution < -0.4 is 11.1 Å². The van der Waals surface area contributed by atoms with Crippen LogP contribution in [0.15, 0.2) is 66.8 Å². The Bertz CT molecular complexity index is 833. The normalized spacial score (nSPS) is 19.7. The Morgan fingerprint density at radius 1 is 1.52 bits per heavy atom. The molecule has 0 unspecified atom stereocenters. The molecule has 0 atom stereocenters. The van der Waals surface area contributed by atoms with Crippen molar-refractivity contribution in [2.45, 2.75) is 13.3 Å². The van der Waals surface area contributed by atoms with E-state index in [1.54, 1.807) is 24.5 Å². The second-order valence-corrected chi connectivity index (χ2v) is 6.15. The van der Waals surface area contributed by atoms with Gasteiger partial charge >= 0.3 is 0 Å². The van der Waals surface area contributed by atoms with Gasteiger partial charge in [0.05, 0.1) is 6.67 Å². The van der Waals surface area contributed by atoms with E-state index in [-0.39, 0.29) is 5.91 Å². The quantitative estimate of drug-likeness (QED) is 0.535. The van der Waals surface area contributed by atoms with Gasteiger partial charge in [-0.2, -0.15) is 0 Å². The number of aromatic nitrogens is 1. The molecule has 0 aromatic carbocycles. The Labute approximate surface area is 160 Å². The zero-order chi connectivity index (χ0) is 19.6. The highest BCUT2D eigenvalue weighted by Gasteiger charge is 2.05. The first-order valence-corrected chi connectivity index (χ1v) is 8.66. The Morgan fingerprint density at radius 2 is 2.33 bits per heavy atom. The van der Waals surface area contributed by atoms with Crippen LogP contribution in [0.2, 0.25) is 0 Å². The minimum atomic E-state index is -0.246. The fourth-order valence-electron chi connectivity index (χ4n) is 2.54. The van der Waals surface area contributed by atoms with Crippen molar-refractivity contribution in [2.75, 3.05) is 13.2 Å². The van der Waals surface area contributed by atoms with Crippen LogP contribution in [-0.2, 0) is 4.79 Å². The average Bonchev–Trinajstić information content (AvgIpc) is 2.76. The van der Waals surface area contributed by atoms with Gasteiger partial charge in [-0.25, -0.2) is 0 Å². The van der Waals surface area contributed by atoms with Crippen LogP contribution in [0, 0.1) is 5.41 Å². The number of amides is 1. The van der Waals surface area contributed by atoms with Gasteiger partial charge < -0.3 is 21.4 Å². The molecule has 0 fully saturated rings. The van der Waals surface area contributed by atoms with Crippen molar-refractivity contribution in [3.05, 3.63) is 77.9 Å². The number of hydrogen-bond donors (Lipinski definition) is 3. The van der Waals surface area contributed by atoms with Crippen molar-refractivity contribution in [3.63, 3.8) is 0 Å². The molecule has 1 aromatic heterocycles. The van der Waals surface area contributed by atoms with E-state index in [0.717, 1.165) is 29.7 Å². The summed E-state index contributed by atoms with van der Waals surface area (Å²) in [5.41, 5.74) is 9.64. The fraction of sp³-hybridized carbons (Fsp3) is 0.190. The second kappa shape index (κ2) is 10.0. The lowest BCUT2D eigenvalue weighted by Crippen LogP contribution is -2.25. The molecule has 1 aliphatic rings. The van der Waals surface area contributed by atoms with E-state index in [9.17, 15) is 4.79 Å². The largest absolute Gasteiger partial charge is 0.365 e. The number of allylic oxidation sites excluding steroid dienone is 4. The molecule has 1 aliphatic heterocycles. The van der Waals surface area contributed by atoms with Crippen LogP contribution in [-0.4, -0.2) is 35.2 Å². The Balaban J connectivity index is 2.14. The Kier molecular flexibility index (Phi) is 7.46. The summed E-state index contributed by atoms with van der Waals surface area (Å²) in [4.78, 5) is 18.4. The zero-order valence-corrected chi connectivity index (χ0v) is 15.5. The molecule has 0 bridgehead atoms. The molecule has 27 heavy (non-hydrogen) atoms. The standard InChI is InChI=1S/C21H25N5O/c1-16-8-11-26(15-23)10-3-4-19(12-16)25-21(27)6-5-18-14-24-9-7-20(18)17(2)13-22/h3-7,9-10,12-14,22H,2,8,11,15,23H2,1H3,(H,25,27)/b6-5+,10-3+,16-12+,19-4+,22-13?. The van der Waals surface area contributed by atoms with E-state index in [1.807, 2.05) is 36.3 Å². The minimum absolute atomic E-state index is 0.246. The highest BCUT2D eigenvalue weighted by atomic mass is 16.1. The number of carbonyl (C=O) groups excluding carboxylic acids is 1. The summed E-state index contributed by atoms with van der Waals surface area (Å²) in [6, 6.07) is 1.77. The lowest BCUT2D eigenvalue weighted by Gasteiger charge is -2.17. The molecule has 1 aromatic rings. The number of nitrogens with two attached hydrogens (primary N) is 1. The summed E-state index contributed by atoms with van der Waals surface area (Å²) in [6.45, 7) is 7.15. The molecule has 2 rings (SSSR count). The molecule has 6 nitrogen and oxygen atoms in total. The van der Waals surface area contributed by atoms with Crippen molar-refractivity contribution >= 4 is 23.8 Å². The third kappa shape index (κ3) is 6.20. The SMILES string of the molecule is C=C(C=N)c1ccncc1/C=C/C(=O)NC1=C/C=C/N(CN)CC\C(C)=C\1. The maximum atomic E-state index is 12.3. The predicted octanol–water partition coefficient (Wildman–Crippen LogP) is 2.84. The van der Waals surface area contributed by atoms with Gasteiger partial charge in [0.25, 0.3) is 0 Å². The third-order valence-corrected chi connectivity index (χ3v) is 4.06. The number of rotatable bonds is 6. The summed E-state index contributed by atoms with van der Waals surface area (Å²) in [6.07, 6.45) is 16.0. The third-order valence-electron chi connectivity index (χ3n) is 4.06. The van der Waals surface area contributed by atoms with Crippen LogP contribution >= 0.6 is 0 Å². The van der Waals surface area contributed by atoms with E-state index in [4.69, 9.17) is 11.1 Å². The molecule has 4 N–H and O–H groups in total. The second-order valence-electron chi connectivity index (χ2n) is 6.15. The predicted molar refractivity (Wildman–Crippen MR) is 111 cm³/mol. The molecule has 0 saturated heterocycles. The number of pyridine rings is 1. The van der Waals surface area contributed by atoms with E-state index < -0.39 is 0 Å². The minimum Gasteiger partial charge on any atom is -0.365 e. The molecule has 0 spiro atoms. The van der Waals surface area contributed by atoms with Gasteiger partial charge in [-0.3, -0.25) is 9.78 Å². The lowest BCUT2D eigenvalue weighted by atomic mass is 10.0. The number of nitrogens with zero attached hydrogens (tertiary/aromatic N) is 2. The van der Waals surface area contributed by atoms with Crippen LogP contribution in [0.3, 0.4) is 0 Å². The van der Waals surface area contributed by atoms with Crippen LogP contribution in [0.25, 0.3) is 11.6 Å². The fourth-order valence-corrected chi connectivity index (χ4v) is 2.54. The summed E-state index contributed by atoms with van der Waals surface area (Å²) in [5.74, 6) is -0.246. The van der Waals surface area contributed by atoms with Crippen LogP contribution in [0.1, 0.15) is 24.5 Å². The van der Waals surface area contributed by atoms with Gasteiger partial charge in [0.1, 0.15) is 0 Å². The van der Waals surface area contributed by atoms with Crippen molar-refractivity contribution in [2.24, 2.45) is 5.73 Å². The average molecular weight is 363 g/mol. The van der Waals surface area contributed by atoms with Crippen LogP contribution in [0.4, 0.5) is 0 Å². The maximum absolute atomic E-state index is 12.3. The van der Waals surface area contributed by atoms with Crippen LogP contribution in [0.5, 0.6) is 0 Å². The molecule has 2 heterocycles. The van der Waals surface area contributed by atoms with E-state index in [2.05, 4.69) is 16.9 Å². The summed E-state index contributed by atoms with van der Waals surface area (Å²) < 4.78 is 0. The van der Waals surface area contributed by atoms with Gasteiger partial charge in [-0.05, 0) is 54.9 Å². The monoisotopic (exact) mass is 363 g/mol. The Morgan fingerprint density at radius 3 is 3.07 bits per heavy atom. The van der Waals surface area contributed by atoms with Crippen molar-refractivity contribution in [1.82, 2.24) is 15.2 Å². The first kappa shape index (κ1) is 20.1. The summed E-state index contributed by atoms with van der Waals surface area (Å²) >= 11 is 0. The molecule has 0 aliphatic carbocycles. The van der Waals surface area contributed by atoms with Crippen molar-refractivity contribution in [3.8, 4) is 0 Å². The Hall–Kier alpha value is -3.25. The van der Waals surface area contributed by atoms with Gasteiger partial charge in [0, 0.05) is 48.7 Å². The molecule has 1 amide bonds. The first-order valence-electron chi connectivity index (χ1n) is 8.66. The zero-order valence-electron chi connectivity index (χ0n) is 15.5. The first-order chi connectivity index (χ1) is 13.0. The van der Waals surface area contributed by atoms with E-state index >= 15 is 0 Å². The molecule has 0 radical (unpaired) electrons. The molecule has 6 heteroatoms. The molecule has 0 saturated carbocycles. The van der Waals surface area contributed by atoms with Gasteiger partial charge in [-0.1, -0.05) is 12.2 Å². The van der Waals surface area contributed by atoms with Gasteiger partial charge in [0.2, 0.25) is 5.91 Å². The number of nitrogens with one attached hydrogen (secondary N) is 2. The van der Waals surface area contributed by atoms with Gasteiger partial charge in [0.15, 0.2) is 0 Å². The maximum Gasteiger partial charge on any atom is 0.248 e. The topological polar surface area (TPSA) is 95.1 Å². The van der Waals surface area contributed by atoms with Crippen molar-refractivity contribution < 1.29 is 4.79 Å². The van der Waals surface area contributed by atoms with E-state index in [1.165, 1.54) is 12.3 Å². The smallest absolute Gasteiger partial charge is 0.248 e. The molecular weight excluding hydrogens is 338 g/mol. The van der Waals surface area contributed by atoms with Gasteiger partial charge in [-0.15, -0.1) is 0 Å². The lowest BCUT2D eigenvalue weighted by molar-refractivity contribution is -0.115. The highest BCUT2D eigenvalue weighted by Crippen LogP contribution is 2.16. The van der Waals surface area contributed by atoms with E-state index in [0.29, 0.717) is 17.9 Å². The molecular formula is C21H25N5O. The number of hydrogen-bond acceptors (Lipinski definition) is 5. The highest BCUT2D eigenvalue weighted by molar-refractivity contribution is 6.08.